The number of carbonyl (C=O) groups excluding carboxylic acids is 2. The molecule has 168 valence electrons. The SMILES string of the molecule is Cc1c(CN2CCSCC2)cccc1NC(=O)CNC(=O)C12CC3CC(CC(C3)C1)C2. The first kappa shape index (κ1) is 21.3. The highest BCUT2D eigenvalue weighted by Crippen LogP contribution is 2.60. The molecule has 5 fully saturated rings. The maximum absolute atomic E-state index is 13.1. The van der Waals surface area contributed by atoms with Crippen molar-refractivity contribution in [2.45, 2.75) is 52.0 Å². The highest BCUT2D eigenvalue weighted by Gasteiger charge is 2.54. The highest BCUT2D eigenvalue weighted by atomic mass is 32.2. The van der Waals surface area contributed by atoms with Crippen molar-refractivity contribution in [2.24, 2.45) is 23.2 Å². The Kier molecular flexibility index (Phi) is 6.04. The molecule has 1 aromatic carbocycles. The van der Waals surface area contributed by atoms with Crippen LogP contribution < -0.4 is 10.6 Å². The number of thioether (sulfide) groups is 1. The quantitative estimate of drug-likeness (QED) is 0.705. The van der Waals surface area contributed by atoms with E-state index >= 15 is 0 Å². The largest absolute Gasteiger partial charge is 0.347 e. The summed E-state index contributed by atoms with van der Waals surface area (Å²) in [5, 5.41) is 6.04. The number of rotatable bonds is 6. The molecule has 0 spiro atoms. The van der Waals surface area contributed by atoms with Gasteiger partial charge >= 0.3 is 0 Å². The second kappa shape index (κ2) is 8.78. The lowest BCUT2D eigenvalue weighted by Gasteiger charge is -2.55. The number of carbonyl (C=O) groups is 2. The van der Waals surface area contributed by atoms with Gasteiger partial charge in [0.25, 0.3) is 0 Å². The molecular formula is C25H35N3O2S. The third kappa shape index (κ3) is 4.51. The highest BCUT2D eigenvalue weighted by molar-refractivity contribution is 7.99. The minimum absolute atomic E-state index is 0.0631. The Morgan fingerprint density at radius 2 is 1.71 bits per heavy atom. The van der Waals surface area contributed by atoms with Crippen LogP contribution in [0.3, 0.4) is 0 Å². The zero-order valence-corrected chi connectivity index (χ0v) is 19.4. The first-order valence-electron chi connectivity index (χ1n) is 12.0. The summed E-state index contributed by atoms with van der Waals surface area (Å²) >= 11 is 2.02. The molecule has 1 aliphatic heterocycles. The second-order valence-electron chi connectivity index (χ2n) is 10.4. The molecule has 5 nitrogen and oxygen atoms in total. The number of anilines is 1. The monoisotopic (exact) mass is 441 g/mol. The minimum atomic E-state index is -0.197. The van der Waals surface area contributed by atoms with E-state index in [1.807, 2.05) is 23.9 Å². The van der Waals surface area contributed by atoms with E-state index in [0.717, 1.165) is 67.9 Å². The van der Waals surface area contributed by atoms with Crippen LogP contribution in [0.25, 0.3) is 0 Å². The lowest BCUT2D eigenvalue weighted by molar-refractivity contribution is -0.146. The van der Waals surface area contributed by atoms with E-state index in [4.69, 9.17) is 0 Å². The van der Waals surface area contributed by atoms with Gasteiger partial charge in [-0.2, -0.15) is 11.8 Å². The molecule has 0 radical (unpaired) electrons. The summed E-state index contributed by atoms with van der Waals surface area (Å²) in [6.45, 7) is 5.32. The Labute approximate surface area is 190 Å². The predicted molar refractivity (Wildman–Crippen MR) is 126 cm³/mol. The van der Waals surface area contributed by atoms with Crippen LogP contribution in [0.15, 0.2) is 18.2 Å². The molecule has 1 aromatic rings. The summed E-state index contributed by atoms with van der Waals surface area (Å²) in [5.41, 5.74) is 3.05. The fraction of sp³-hybridized carbons (Fsp3) is 0.680. The molecule has 31 heavy (non-hydrogen) atoms. The molecule has 4 saturated carbocycles. The van der Waals surface area contributed by atoms with Gasteiger partial charge in [-0.05, 0) is 80.4 Å². The lowest BCUT2D eigenvalue weighted by atomic mass is 9.49. The van der Waals surface area contributed by atoms with Gasteiger partial charge in [0, 0.05) is 42.2 Å². The molecular weight excluding hydrogens is 406 g/mol. The molecule has 0 atom stereocenters. The summed E-state index contributed by atoms with van der Waals surface area (Å²) < 4.78 is 0. The first-order valence-corrected chi connectivity index (χ1v) is 13.1. The van der Waals surface area contributed by atoms with Gasteiger partial charge in [0.05, 0.1) is 6.54 Å². The molecule has 2 N–H and O–H groups in total. The summed E-state index contributed by atoms with van der Waals surface area (Å²) in [6, 6.07) is 6.13. The first-order chi connectivity index (χ1) is 15.0. The Balaban J connectivity index is 1.16. The Hall–Kier alpha value is -1.53. The lowest BCUT2D eigenvalue weighted by Crippen LogP contribution is -2.54. The third-order valence-electron chi connectivity index (χ3n) is 8.15. The van der Waals surface area contributed by atoms with Crippen LogP contribution in [-0.2, 0) is 16.1 Å². The van der Waals surface area contributed by atoms with Crippen LogP contribution in [-0.4, -0.2) is 47.9 Å². The fourth-order valence-corrected chi connectivity index (χ4v) is 7.90. The van der Waals surface area contributed by atoms with E-state index in [1.165, 1.54) is 36.3 Å². The van der Waals surface area contributed by atoms with Crippen molar-refractivity contribution < 1.29 is 9.59 Å². The van der Waals surface area contributed by atoms with Crippen molar-refractivity contribution in [1.82, 2.24) is 10.2 Å². The van der Waals surface area contributed by atoms with Gasteiger partial charge in [-0.1, -0.05) is 12.1 Å². The van der Waals surface area contributed by atoms with Crippen LogP contribution in [0, 0.1) is 30.1 Å². The average molecular weight is 442 g/mol. The van der Waals surface area contributed by atoms with E-state index in [9.17, 15) is 9.59 Å². The maximum atomic E-state index is 13.1. The standard InChI is InChI=1S/C25H35N3O2S/c1-17-21(16-28-5-7-31-8-6-28)3-2-4-22(17)27-23(29)15-26-24(30)25-12-18-9-19(13-25)11-20(10-18)14-25/h2-4,18-20H,5-16H2,1H3,(H,26,30)(H,27,29). The molecule has 0 aromatic heterocycles. The normalized spacial score (nSPS) is 32.1. The molecule has 4 aliphatic carbocycles. The Bertz CT molecular complexity index is 814. The van der Waals surface area contributed by atoms with Crippen LogP contribution in [0.5, 0.6) is 0 Å². The van der Waals surface area contributed by atoms with E-state index in [1.54, 1.807) is 0 Å². The number of nitrogens with zero attached hydrogens (tertiary/aromatic N) is 1. The molecule has 4 bridgehead atoms. The van der Waals surface area contributed by atoms with Gasteiger partial charge in [0.15, 0.2) is 0 Å². The van der Waals surface area contributed by atoms with Gasteiger partial charge in [0.2, 0.25) is 11.8 Å². The Morgan fingerprint density at radius 3 is 2.35 bits per heavy atom. The molecule has 0 unspecified atom stereocenters. The molecule has 2 amide bonds. The summed E-state index contributed by atoms with van der Waals surface area (Å²) in [7, 11) is 0. The van der Waals surface area contributed by atoms with Gasteiger partial charge in [0.1, 0.15) is 0 Å². The smallest absolute Gasteiger partial charge is 0.243 e. The zero-order valence-electron chi connectivity index (χ0n) is 18.6. The minimum Gasteiger partial charge on any atom is -0.347 e. The number of hydrogen-bond acceptors (Lipinski definition) is 4. The van der Waals surface area contributed by atoms with Crippen LogP contribution in [0.4, 0.5) is 5.69 Å². The molecule has 1 saturated heterocycles. The van der Waals surface area contributed by atoms with Crippen molar-refractivity contribution in [2.75, 3.05) is 36.5 Å². The van der Waals surface area contributed by atoms with Crippen molar-refractivity contribution in [3.05, 3.63) is 29.3 Å². The van der Waals surface area contributed by atoms with Gasteiger partial charge in [-0.15, -0.1) is 0 Å². The van der Waals surface area contributed by atoms with Gasteiger partial charge in [-0.25, -0.2) is 0 Å². The molecule has 6 rings (SSSR count). The van der Waals surface area contributed by atoms with E-state index in [-0.39, 0.29) is 23.8 Å². The maximum Gasteiger partial charge on any atom is 0.243 e. The molecule has 6 heteroatoms. The fourth-order valence-electron chi connectivity index (χ4n) is 6.92. The van der Waals surface area contributed by atoms with E-state index in [0.29, 0.717) is 0 Å². The van der Waals surface area contributed by atoms with Crippen LogP contribution >= 0.6 is 11.8 Å². The summed E-state index contributed by atoms with van der Waals surface area (Å²) in [4.78, 5) is 28.2. The van der Waals surface area contributed by atoms with Crippen LogP contribution in [0.2, 0.25) is 0 Å². The predicted octanol–water partition coefficient (Wildman–Crippen LogP) is 3.81. The van der Waals surface area contributed by atoms with E-state index < -0.39 is 0 Å². The summed E-state index contributed by atoms with van der Waals surface area (Å²) in [5.74, 6) is 4.57. The number of benzene rings is 1. The third-order valence-corrected chi connectivity index (χ3v) is 9.09. The number of amides is 2. The topological polar surface area (TPSA) is 61.4 Å². The average Bonchev–Trinajstić information content (AvgIpc) is 2.74. The molecule has 1 heterocycles. The number of hydrogen-bond donors (Lipinski definition) is 2. The van der Waals surface area contributed by atoms with Crippen molar-refractivity contribution in [1.29, 1.82) is 0 Å². The van der Waals surface area contributed by atoms with Crippen molar-refractivity contribution >= 4 is 29.3 Å². The summed E-state index contributed by atoms with van der Waals surface area (Å²) in [6.07, 6.45) is 7.05. The zero-order chi connectivity index (χ0) is 21.4. The van der Waals surface area contributed by atoms with E-state index in [2.05, 4.69) is 28.5 Å². The van der Waals surface area contributed by atoms with Gasteiger partial charge < -0.3 is 10.6 Å². The van der Waals surface area contributed by atoms with Crippen LogP contribution in [0.1, 0.15) is 49.7 Å². The van der Waals surface area contributed by atoms with Crippen molar-refractivity contribution in [3.8, 4) is 0 Å². The molecule has 5 aliphatic rings. The Morgan fingerprint density at radius 1 is 1.06 bits per heavy atom. The van der Waals surface area contributed by atoms with Crippen molar-refractivity contribution in [3.63, 3.8) is 0 Å². The second-order valence-corrected chi connectivity index (χ2v) is 11.6. The number of nitrogens with one attached hydrogen (secondary N) is 2. The van der Waals surface area contributed by atoms with Gasteiger partial charge in [-0.3, -0.25) is 14.5 Å².